The van der Waals surface area contributed by atoms with Gasteiger partial charge in [0.1, 0.15) is 5.82 Å². The zero-order valence-electron chi connectivity index (χ0n) is 16.7. The van der Waals surface area contributed by atoms with Gasteiger partial charge in [0.05, 0.1) is 5.41 Å². The summed E-state index contributed by atoms with van der Waals surface area (Å²) in [5.74, 6) is 1.46. The summed E-state index contributed by atoms with van der Waals surface area (Å²) >= 11 is 0. The molecule has 0 unspecified atom stereocenters. The van der Waals surface area contributed by atoms with E-state index in [2.05, 4.69) is 20.2 Å². The Hall–Kier alpha value is -3.55. The number of carbonyl (C=O) groups is 2. The minimum absolute atomic E-state index is 0.00337. The number of H-pyrrole nitrogens is 1. The van der Waals surface area contributed by atoms with E-state index < -0.39 is 5.41 Å². The second-order valence-corrected chi connectivity index (χ2v) is 8.07. The summed E-state index contributed by atoms with van der Waals surface area (Å²) < 4.78 is 0. The summed E-state index contributed by atoms with van der Waals surface area (Å²) in [5.41, 5.74) is 0.810. The van der Waals surface area contributed by atoms with Gasteiger partial charge in [-0.1, -0.05) is 18.2 Å². The molecule has 2 fully saturated rings. The molecule has 2 aromatic heterocycles. The van der Waals surface area contributed by atoms with Crippen LogP contribution in [-0.4, -0.2) is 68.0 Å². The molecule has 8 heteroatoms. The molecule has 0 saturated carbocycles. The summed E-state index contributed by atoms with van der Waals surface area (Å²) in [6.45, 7) is 3.96. The van der Waals surface area contributed by atoms with Crippen molar-refractivity contribution >= 4 is 11.8 Å². The van der Waals surface area contributed by atoms with Crippen LogP contribution in [0.5, 0.6) is 0 Å². The highest BCUT2D eigenvalue weighted by molar-refractivity contribution is 5.95. The molecule has 0 bridgehead atoms. The van der Waals surface area contributed by atoms with Crippen molar-refractivity contribution in [3.8, 4) is 0 Å². The Morgan fingerprint density at radius 2 is 1.57 bits per heavy atom. The second kappa shape index (κ2) is 7.05. The maximum absolute atomic E-state index is 13.1. The average Bonchev–Trinajstić information content (AvgIpc) is 3.46. The second-order valence-electron chi connectivity index (χ2n) is 8.07. The molecule has 30 heavy (non-hydrogen) atoms. The largest absolute Gasteiger partial charge is 0.337 e. The first-order valence-corrected chi connectivity index (χ1v) is 10.00. The van der Waals surface area contributed by atoms with E-state index in [0.717, 1.165) is 5.82 Å². The maximum atomic E-state index is 13.1. The molecule has 152 valence electrons. The lowest BCUT2D eigenvalue weighted by Gasteiger charge is -2.27. The number of nitrogens with one attached hydrogen (secondary N) is 1. The molecular weight excluding hydrogens is 380 g/mol. The molecule has 2 atom stereocenters. The van der Waals surface area contributed by atoms with Gasteiger partial charge in [0.15, 0.2) is 5.82 Å². The van der Waals surface area contributed by atoms with Crippen molar-refractivity contribution < 1.29 is 9.59 Å². The molecule has 4 heterocycles. The SMILES string of the molecule is Cc1nc([C@]23CN(C(=O)c4ccccc4)C[C@H]2CN(C(=O)c2ccncc2)C3)n[nH]1. The highest BCUT2D eigenvalue weighted by Crippen LogP contribution is 2.44. The van der Waals surface area contributed by atoms with Crippen LogP contribution in [-0.2, 0) is 5.41 Å². The molecular formula is C22H22N6O2. The molecule has 0 radical (unpaired) electrons. The topological polar surface area (TPSA) is 95.1 Å². The van der Waals surface area contributed by atoms with Gasteiger partial charge in [-0.15, -0.1) is 0 Å². The van der Waals surface area contributed by atoms with Gasteiger partial charge in [-0.25, -0.2) is 4.98 Å². The first kappa shape index (κ1) is 18.5. The maximum Gasteiger partial charge on any atom is 0.254 e. The molecule has 2 aliphatic heterocycles. The van der Waals surface area contributed by atoms with Crippen molar-refractivity contribution in [1.82, 2.24) is 30.0 Å². The Labute approximate surface area is 173 Å². The van der Waals surface area contributed by atoms with Crippen LogP contribution in [0.2, 0.25) is 0 Å². The number of benzene rings is 1. The Bertz CT molecular complexity index is 1020. The summed E-state index contributed by atoms with van der Waals surface area (Å²) in [4.78, 5) is 38.5. The standard InChI is InChI=1S/C22H22N6O2/c1-15-24-21(26-25-15)22-13-27(19(29)16-5-3-2-4-6-16)11-18(22)12-28(14-22)20(30)17-7-9-23-10-8-17/h2-10,18H,11-14H2,1H3,(H,24,25,26)/t18-,22-/m0/s1. The zero-order valence-corrected chi connectivity index (χ0v) is 16.7. The van der Waals surface area contributed by atoms with E-state index in [9.17, 15) is 9.59 Å². The first-order chi connectivity index (χ1) is 14.6. The Kier molecular flexibility index (Phi) is 4.34. The van der Waals surface area contributed by atoms with Crippen LogP contribution in [0.3, 0.4) is 0 Å². The van der Waals surface area contributed by atoms with Gasteiger partial charge in [0.25, 0.3) is 11.8 Å². The highest BCUT2D eigenvalue weighted by atomic mass is 16.2. The number of hydrogen-bond donors (Lipinski definition) is 1. The number of rotatable bonds is 3. The van der Waals surface area contributed by atoms with Crippen LogP contribution in [0.1, 0.15) is 32.4 Å². The number of aryl methyl sites for hydroxylation is 1. The van der Waals surface area contributed by atoms with E-state index in [1.807, 2.05) is 47.1 Å². The zero-order chi connectivity index (χ0) is 20.7. The van der Waals surface area contributed by atoms with Gasteiger partial charge in [-0.2, -0.15) is 5.10 Å². The monoisotopic (exact) mass is 402 g/mol. The third-order valence-corrected chi connectivity index (χ3v) is 6.17. The lowest BCUT2D eigenvalue weighted by atomic mass is 9.80. The fourth-order valence-electron chi connectivity index (χ4n) is 4.70. The van der Waals surface area contributed by atoms with Crippen LogP contribution in [0, 0.1) is 12.8 Å². The van der Waals surface area contributed by atoms with Crippen LogP contribution in [0.4, 0.5) is 0 Å². The Morgan fingerprint density at radius 1 is 0.967 bits per heavy atom. The van der Waals surface area contributed by atoms with E-state index in [1.54, 1.807) is 24.5 Å². The Balaban J connectivity index is 1.45. The molecule has 1 aromatic carbocycles. The predicted octanol–water partition coefficient (Wildman–Crippen LogP) is 1.67. The number of likely N-dealkylation sites (tertiary alicyclic amines) is 2. The number of nitrogens with zero attached hydrogens (tertiary/aromatic N) is 5. The molecule has 1 N–H and O–H groups in total. The van der Waals surface area contributed by atoms with E-state index >= 15 is 0 Å². The summed E-state index contributed by atoms with van der Waals surface area (Å²) in [7, 11) is 0. The van der Waals surface area contributed by atoms with Crippen molar-refractivity contribution in [2.75, 3.05) is 26.2 Å². The van der Waals surface area contributed by atoms with Crippen molar-refractivity contribution in [1.29, 1.82) is 0 Å². The number of amides is 2. The third kappa shape index (κ3) is 2.96. The molecule has 0 spiro atoms. The van der Waals surface area contributed by atoms with Crippen molar-refractivity contribution in [2.24, 2.45) is 5.92 Å². The average molecular weight is 402 g/mol. The fourth-order valence-corrected chi connectivity index (χ4v) is 4.70. The van der Waals surface area contributed by atoms with Crippen LogP contribution < -0.4 is 0 Å². The molecule has 5 rings (SSSR count). The minimum Gasteiger partial charge on any atom is -0.337 e. The lowest BCUT2D eigenvalue weighted by molar-refractivity contribution is 0.0731. The molecule has 8 nitrogen and oxygen atoms in total. The number of fused-ring (bicyclic) bond motifs is 1. The quantitative estimate of drug-likeness (QED) is 0.719. The normalized spacial score (nSPS) is 22.9. The number of hydrogen-bond acceptors (Lipinski definition) is 5. The minimum atomic E-state index is -0.474. The summed E-state index contributed by atoms with van der Waals surface area (Å²) in [5, 5.41) is 7.37. The lowest BCUT2D eigenvalue weighted by Crippen LogP contribution is -2.41. The molecule has 2 amide bonds. The number of carbonyl (C=O) groups excluding carboxylic acids is 2. The predicted molar refractivity (Wildman–Crippen MR) is 109 cm³/mol. The van der Waals surface area contributed by atoms with Gasteiger partial charge in [0.2, 0.25) is 0 Å². The Morgan fingerprint density at radius 3 is 2.13 bits per heavy atom. The van der Waals surface area contributed by atoms with E-state index in [1.165, 1.54) is 0 Å². The van der Waals surface area contributed by atoms with Crippen molar-refractivity contribution in [3.05, 3.63) is 77.6 Å². The first-order valence-electron chi connectivity index (χ1n) is 10.00. The van der Waals surface area contributed by atoms with Crippen molar-refractivity contribution in [3.63, 3.8) is 0 Å². The van der Waals surface area contributed by atoms with Gasteiger partial charge < -0.3 is 9.80 Å². The van der Waals surface area contributed by atoms with E-state index in [-0.39, 0.29) is 17.7 Å². The summed E-state index contributed by atoms with van der Waals surface area (Å²) in [6, 6.07) is 12.8. The van der Waals surface area contributed by atoms with Crippen LogP contribution >= 0.6 is 0 Å². The van der Waals surface area contributed by atoms with Gasteiger partial charge in [0, 0.05) is 55.6 Å². The fraction of sp³-hybridized carbons (Fsp3) is 0.318. The summed E-state index contributed by atoms with van der Waals surface area (Å²) in [6.07, 6.45) is 3.25. The third-order valence-electron chi connectivity index (χ3n) is 6.17. The molecule has 3 aromatic rings. The van der Waals surface area contributed by atoms with E-state index in [0.29, 0.717) is 43.1 Å². The van der Waals surface area contributed by atoms with Gasteiger partial charge in [-0.3, -0.25) is 19.7 Å². The highest BCUT2D eigenvalue weighted by Gasteiger charge is 2.57. The molecule has 2 saturated heterocycles. The number of pyridine rings is 1. The van der Waals surface area contributed by atoms with Crippen LogP contribution in [0.25, 0.3) is 0 Å². The number of aromatic nitrogens is 4. The van der Waals surface area contributed by atoms with E-state index in [4.69, 9.17) is 0 Å². The molecule has 0 aliphatic carbocycles. The van der Waals surface area contributed by atoms with Gasteiger partial charge in [-0.05, 0) is 31.2 Å². The smallest absolute Gasteiger partial charge is 0.254 e. The van der Waals surface area contributed by atoms with Crippen LogP contribution in [0.15, 0.2) is 54.9 Å². The van der Waals surface area contributed by atoms with Gasteiger partial charge >= 0.3 is 0 Å². The molecule has 2 aliphatic rings. The van der Waals surface area contributed by atoms with Crippen molar-refractivity contribution in [2.45, 2.75) is 12.3 Å². The number of aromatic amines is 1.